The highest BCUT2D eigenvalue weighted by atomic mass is 16.5. The molecular weight excluding hydrogens is 450 g/mol. The Morgan fingerprint density at radius 2 is 1.61 bits per heavy atom. The third-order valence-electron chi connectivity index (χ3n) is 5.94. The molecule has 0 unspecified atom stereocenters. The number of hydrogen-bond donors (Lipinski definition) is 1. The van der Waals surface area contributed by atoms with E-state index in [9.17, 15) is 4.79 Å². The van der Waals surface area contributed by atoms with Gasteiger partial charge in [0.15, 0.2) is 11.6 Å². The summed E-state index contributed by atoms with van der Waals surface area (Å²) in [6.45, 7) is 9.23. The monoisotopic (exact) mass is 489 g/mol. The first-order valence-electron chi connectivity index (χ1n) is 12.9. The van der Waals surface area contributed by atoms with Crippen molar-refractivity contribution in [2.45, 2.75) is 72.6 Å². The number of carbonyl (C=O) groups is 1. The molecule has 0 bridgehead atoms. The van der Waals surface area contributed by atoms with Gasteiger partial charge in [0.05, 0.1) is 17.9 Å². The number of para-hydroxylation sites is 1. The Labute approximate surface area is 215 Å². The molecule has 3 rings (SSSR count). The van der Waals surface area contributed by atoms with Crippen LogP contribution in [0.15, 0.2) is 54.9 Å². The summed E-state index contributed by atoms with van der Waals surface area (Å²) in [5, 5.41) is 0. The number of benzene rings is 2. The van der Waals surface area contributed by atoms with Crippen molar-refractivity contribution in [2.75, 3.05) is 12.3 Å². The van der Waals surface area contributed by atoms with Gasteiger partial charge in [-0.1, -0.05) is 71.6 Å². The summed E-state index contributed by atoms with van der Waals surface area (Å²) in [5.41, 5.74) is 9.04. The molecule has 0 aliphatic rings. The first-order valence-corrected chi connectivity index (χ1v) is 12.9. The van der Waals surface area contributed by atoms with Gasteiger partial charge in [-0.05, 0) is 48.1 Å². The number of esters is 1. The van der Waals surface area contributed by atoms with Crippen LogP contribution in [0, 0.1) is 5.41 Å². The van der Waals surface area contributed by atoms with E-state index in [4.69, 9.17) is 15.2 Å². The average molecular weight is 490 g/mol. The van der Waals surface area contributed by atoms with Gasteiger partial charge in [-0.15, -0.1) is 0 Å². The van der Waals surface area contributed by atoms with E-state index in [0.29, 0.717) is 29.2 Å². The van der Waals surface area contributed by atoms with Crippen LogP contribution in [-0.2, 0) is 4.79 Å². The summed E-state index contributed by atoms with van der Waals surface area (Å²) in [5.74, 6) is 1.31. The minimum Gasteiger partial charge on any atom is -0.494 e. The molecule has 192 valence electrons. The highest BCUT2D eigenvalue weighted by Gasteiger charge is 2.18. The fraction of sp³-hybridized carbons (Fsp3) is 0.433. The van der Waals surface area contributed by atoms with Crippen LogP contribution in [-0.4, -0.2) is 22.5 Å². The maximum Gasteiger partial charge on any atom is 0.311 e. The summed E-state index contributed by atoms with van der Waals surface area (Å²) < 4.78 is 11.5. The Morgan fingerprint density at radius 3 is 2.28 bits per heavy atom. The molecule has 3 aromatic rings. The van der Waals surface area contributed by atoms with Crippen molar-refractivity contribution in [1.29, 1.82) is 0 Å². The lowest BCUT2D eigenvalue weighted by Crippen LogP contribution is -2.14. The van der Waals surface area contributed by atoms with Crippen LogP contribution < -0.4 is 15.2 Å². The molecule has 1 aromatic heterocycles. The summed E-state index contributed by atoms with van der Waals surface area (Å²) in [6.07, 6.45) is 10.7. The zero-order valence-corrected chi connectivity index (χ0v) is 22.0. The molecule has 6 nitrogen and oxygen atoms in total. The average Bonchev–Trinajstić information content (AvgIpc) is 2.86. The van der Waals surface area contributed by atoms with Gasteiger partial charge in [-0.2, -0.15) is 0 Å². The number of ether oxygens (including phenoxy) is 2. The standard InChI is InChI=1S/C30H39N3O3/c1-5-6-7-8-9-19-35-24-15-13-22(14-16-24)23-20-32-29(33-21-23)25-11-10-12-26(31)28(25)36-27(34)17-18-30(2,3)4/h10-16,20-21H,5-9,17-19,31H2,1-4H3. The molecule has 0 saturated carbocycles. The Hall–Kier alpha value is -3.41. The topological polar surface area (TPSA) is 87.3 Å². The number of carbonyl (C=O) groups excluding carboxylic acids is 1. The smallest absolute Gasteiger partial charge is 0.311 e. The van der Waals surface area contributed by atoms with E-state index in [0.717, 1.165) is 36.3 Å². The van der Waals surface area contributed by atoms with Gasteiger partial charge < -0.3 is 15.2 Å². The van der Waals surface area contributed by atoms with E-state index >= 15 is 0 Å². The second-order valence-corrected chi connectivity index (χ2v) is 10.3. The molecule has 0 aliphatic carbocycles. The van der Waals surface area contributed by atoms with Gasteiger partial charge in [-0.3, -0.25) is 4.79 Å². The highest BCUT2D eigenvalue weighted by molar-refractivity contribution is 5.81. The van der Waals surface area contributed by atoms with Crippen molar-refractivity contribution in [3.8, 4) is 34.0 Å². The molecule has 1 heterocycles. The van der Waals surface area contributed by atoms with Gasteiger partial charge in [0, 0.05) is 24.4 Å². The number of rotatable bonds is 12. The van der Waals surface area contributed by atoms with Gasteiger partial charge in [0.2, 0.25) is 0 Å². The second-order valence-electron chi connectivity index (χ2n) is 10.3. The van der Waals surface area contributed by atoms with Crippen molar-refractivity contribution in [1.82, 2.24) is 9.97 Å². The van der Waals surface area contributed by atoms with Crippen LogP contribution in [0.5, 0.6) is 11.5 Å². The highest BCUT2D eigenvalue weighted by Crippen LogP contribution is 2.34. The molecule has 0 amide bonds. The number of anilines is 1. The van der Waals surface area contributed by atoms with Gasteiger partial charge in [-0.25, -0.2) is 9.97 Å². The lowest BCUT2D eigenvalue weighted by molar-refractivity contribution is -0.134. The maximum absolute atomic E-state index is 12.5. The summed E-state index contributed by atoms with van der Waals surface area (Å²) in [6, 6.07) is 13.3. The molecule has 2 aromatic carbocycles. The number of aromatic nitrogens is 2. The third-order valence-corrected chi connectivity index (χ3v) is 5.94. The number of nitrogen functional groups attached to an aromatic ring is 1. The fourth-order valence-electron chi connectivity index (χ4n) is 3.74. The van der Waals surface area contributed by atoms with Crippen molar-refractivity contribution in [3.05, 3.63) is 54.9 Å². The van der Waals surface area contributed by atoms with Crippen molar-refractivity contribution >= 4 is 11.7 Å². The molecular formula is C30H39N3O3. The quantitative estimate of drug-likeness (QED) is 0.123. The van der Waals surface area contributed by atoms with E-state index in [-0.39, 0.29) is 11.4 Å². The molecule has 0 fully saturated rings. The molecule has 0 radical (unpaired) electrons. The predicted octanol–water partition coefficient (Wildman–Crippen LogP) is 7.47. The minimum atomic E-state index is -0.316. The zero-order chi connectivity index (χ0) is 26.0. The second kappa shape index (κ2) is 13.1. The number of hydrogen-bond acceptors (Lipinski definition) is 6. The first-order chi connectivity index (χ1) is 17.3. The fourth-order valence-corrected chi connectivity index (χ4v) is 3.74. The first kappa shape index (κ1) is 27.2. The molecule has 2 N–H and O–H groups in total. The Balaban J connectivity index is 1.65. The largest absolute Gasteiger partial charge is 0.494 e. The van der Waals surface area contributed by atoms with Crippen LogP contribution in [0.1, 0.15) is 72.6 Å². The maximum atomic E-state index is 12.5. The van der Waals surface area contributed by atoms with E-state index < -0.39 is 0 Å². The molecule has 0 saturated heterocycles. The number of unbranched alkanes of at least 4 members (excludes halogenated alkanes) is 4. The third kappa shape index (κ3) is 8.36. The Bertz CT molecular complexity index is 1100. The molecule has 6 heteroatoms. The van der Waals surface area contributed by atoms with Crippen molar-refractivity contribution in [3.63, 3.8) is 0 Å². The molecule has 36 heavy (non-hydrogen) atoms. The van der Waals surface area contributed by atoms with E-state index in [1.54, 1.807) is 24.5 Å². The van der Waals surface area contributed by atoms with Crippen LogP contribution in [0.25, 0.3) is 22.5 Å². The van der Waals surface area contributed by atoms with Gasteiger partial charge in [0.25, 0.3) is 0 Å². The van der Waals surface area contributed by atoms with Crippen LogP contribution >= 0.6 is 0 Å². The molecule has 0 atom stereocenters. The van der Waals surface area contributed by atoms with Gasteiger partial charge >= 0.3 is 5.97 Å². The SMILES string of the molecule is CCCCCCCOc1ccc(-c2cnc(-c3cccc(N)c3OC(=O)CCC(C)(C)C)nc2)cc1. The normalized spacial score (nSPS) is 11.3. The van der Waals surface area contributed by atoms with E-state index in [1.807, 2.05) is 30.3 Å². The summed E-state index contributed by atoms with van der Waals surface area (Å²) in [7, 11) is 0. The lowest BCUT2D eigenvalue weighted by Gasteiger charge is -2.17. The summed E-state index contributed by atoms with van der Waals surface area (Å²) in [4.78, 5) is 21.5. The van der Waals surface area contributed by atoms with Crippen LogP contribution in [0.4, 0.5) is 5.69 Å². The van der Waals surface area contributed by atoms with E-state index in [1.165, 1.54) is 25.7 Å². The minimum absolute atomic E-state index is 0.0433. The number of nitrogens with zero attached hydrogens (tertiary/aromatic N) is 2. The van der Waals surface area contributed by atoms with E-state index in [2.05, 4.69) is 37.7 Å². The Morgan fingerprint density at radius 1 is 0.917 bits per heavy atom. The van der Waals surface area contributed by atoms with Crippen LogP contribution in [0.2, 0.25) is 0 Å². The molecule has 0 spiro atoms. The molecule has 0 aliphatic heterocycles. The van der Waals surface area contributed by atoms with Crippen molar-refractivity contribution < 1.29 is 14.3 Å². The van der Waals surface area contributed by atoms with Crippen LogP contribution in [0.3, 0.4) is 0 Å². The zero-order valence-electron chi connectivity index (χ0n) is 22.0. The van der Waals surface area contributed by atoms with Gasteiger partial charge in [0.1, 0.15) is 5.75 Å². The Kier molecular flexibility index (Phi) is 9.86. The number of nitrogens with two attached hydrogens (primary N) is 1. The van der Waals surface area contributed by atoms with Crippen molar-refractivity contribution in [2.24, 2.45) is 5.41 Å². The lowest BCUT2D eigenvalue weighted by atomic mass is 9.91. The predicted molar refractivity (Wildman–Crippen MR) is 146 cm³/mol. The summed E-state index contributed by atoms with van der Waals surface area (Å²) >= 11 is 0.